The van der Waals surface area contributed by atoms with Gasteiger partial charge in [-0.25, -0.2) is 0 Å². The molecule has 0 unspecified atom stereocenters. The Morgan fingerprint density at radius 2 is 1.12 bits per heavy atom. The van der Waals surface area contributed by atoms with Gasteiger partial charge >= 0.3 is 0 Å². The van der Waals surface area contributed by atoms with Crippen LogP contribution in [0.1, 0.15) is 26.3 Å². The zero-order valence-corrected chi connectivity index (χ0v) is 19.9. The lowest BCUT2D eigenvalue weighted by molar-refractivity contribution is 0.866. The predicted octanol–water partition coefficient (Wildman–Crippen LogP) is 9.55. The van der Waals surface area contributed by atoms with Gasteiger partial charge in [-0.2, -0.15) is 10.2 Å². The number of nitrogens with zero attached hydrogens (tertiary/aromatic N) is 5. The molecule has 0 fully saturated rings. The molecule has 0 saturated carbocycles. The summed E-state index contributed by atoms with van der Waals surface area (Å²) in [5.74, 6) is 0. The number of hydrogen-bond donors (Lipinski definition) is 0. The van der Waals surface area contributed by atoms with Crippen molar-refractivity contribution >= 4 is 45.3 Å². The standard InChI is InChI=1S/C29H29N5/c1-4-9-22-12-14-23(15-13-22)30-32-28-20-21-29(27-11-8-7-10-26(27)28)33-31-24-16-18-25(19-17-24)34(5-2)6-3/h4,7-21H,5-6H2,1-3H3. The first-order valence-electron chi connectivity index (χ1n) is 11.6. The van der Waals surface area contributed by atoms with Crippen molar-refractivity contribution in [1.82, 2.24) is 0 Å². The number of anilines is 1. The maximum atomic E-state index is 4.54. The molecule has 4 rings (SSSR count). The Bertz CT molecular complexity index is 1320. The Morgan fingerprint density at radius 3 is 1.59 bits per heavy atom. The summed E-state index contributed by atoms with van der Waals surface area (Å²) in [6, 6.07) is 28.2. The minimum atomic E-state index is 0.802. The smallest absolute Gasteiger partial charge is 0.0936 e. The van der Waals surface area contributed by atoms with E-state index in [1.165, 1.54) is 5.69 Å². The van der Waals surface area contributed by atoms with Crippen LogP contribution in [0, 0.1) is 0 Å². The first kappa shape index (κ1) is 23.1. The average molecular weight is 448 g/mol. The highest BCUT2D eigenvalue weighted by atomic mass is 15.1. The van der Waals surface area contributed by atoms with Crippen LogP contribution in [-0.4, -0.2) is 13.1 Å². The number of benzene rings is 4. The molecule has 170 valence electrons. The van der Waals surface area contributed by atoms with Crippen LogP contribution in [0.15, 0.2) is 111 Å². The molecule has 0 N–H and O–H groups in total. The van der Waals surface area contributed by atoms with Crippen molar-refractivity contribution in [2.24, 2.45) is 20.5 Å². The van der Waals surface area contributed by atoms with E-state index in [4.69, 9.17) is 0 Å². The van der Waals surface area contributed by atoms with E-state index in [-0.39, 0.29) is 0 Å². The first-order chi connectivity index (χ1) is 16.7. The second kappa shape index (κ2) is 11.1. The number of hydrogen-bond acceptors (Lipinski definition) is 5. The van der Waals surface area contributed by atoms with Gasteiger partial charge in [0.1, 0.15) is 0 Å². The highest BCUT2D eigenvalue weighted by molar-refractivity contribution is 5.99. The van der Waals surface area contributed by atoms with Crippen LogP contribution in [0.5, 0.6) is 0 Å². The van der Waals surface area contributed by atoms with Crippen molar-refractivity contribution in [3.8, 4) is 0 Å². The molecular formula is C29H29N5. The second-order valence-electron chi connectivity index (χ2n) is 7.83. The third-order valence-electron chi connectivity index (χ3n) is 5.65. The monoisotopic (exact) mass is 447 g/mol. The van der Waals surface area contributed by atoms with Crippen molar-refractivity contribution in [2.45, 2.75) is 20.8 Å². The summed E-state index contributed by atoms with van der Waals surface area (Å²) in [5, 5.41) is 19.9. The third-order valence-corrected chi connectivity index (χ3v) is 5.65. The maximum absolute atomic E-state index is 4.54. The van der Waals surface area contributed by atoms with Crippen LogP contribution in [-0.2, 0) is 0 Å². The van der Waals surface area contributed by atoms with Crippen LogP contribution >= 0.6 is 0 Å². The minimum Gasteiger partial charge on any atom is -0.372 e. The second-order valence-corrected chi connectivity index (χ2v) is 7.83. The lowest BCUT2D eigenvalue weighted by Gasteiger charge is -2.20. The van der Waals surface area contributed by atoms with Crippen LogP contribution in [0.25, 0.3) is 16.8 Å². The average Bonchev–Trinajstić information content (AvgIpc) is 2.89. The molecule has 34 heavy (non-hydrogen) atoms. The molecule has 5 heteroatoms. The van der Waals surface area contributed by atoms with Crippen LogP contribution < -0.4 is 4.90 Å². The fourth-order valence-corrected chi connectivity index (χ4v) is 3.83. The van der Waals surface area contributed by atoms with Gasteiger partial charge in [-0.05, 0) is 74.9 Å². The van der Waals surface area contributed by atoms with Gasteiger partial charge in [0, 0.05) is 29.5 Å². The molecule has 0 amide bonds. The highest BCUT2D eigenvalue weighted by Gasteiger charge is 2.06. The molecule has 5 nitrogen and oxygen atoms in total. The van der Waals surface area contributed by atoms with E-state index in [1.54, 1.807) is 0 Å². The normalized spacial score (nSPS) is 11.9. The van der Waals surface area contributed by atoms with Crippen molar-refractivity contribution in [1.29, 1.82) is 0 Å². The van der Waals surface area contributed by atoms with Crippen LogP contribution in [0.4, 0.5) is 28.4 Å². The molecule has 0 radical (unpaired) electrons. The third kappa shape index (κ3) is 5.44. The summed E-state index contributed by atoms with van der Waals surface area (Å²) in [5.41, 5.74) is 5.58. The molecule has 4 aromatic carbocycles. The number of fused-ring (bicyclic) bond motifs is 1. The summed E-state index contributed by atoms with van der Waals surface area (Å²) < 4.78 is 0. The number of rotatable bonds is 8. The molecule has 0 aromatic heterocycles. The summed E-state index contributed by atoms with van der Waals surface area (Å²) in [6.45, 7) is 8.28. The van der Waals surface area contributed by atoms with Gasteiger partial charge < -0.3 is 4.90 Å². The fourth-order valence-electron chi connectivity index (χ4n) is 3.83. The topological polar surface area (TPSA) is 52.7 Å². The van der Waals surface area contributed by atoms with Crippen molar-refractivity contribution in [2.75, 3.05) is 18.0 Å². The highest BCUT2D eigenvalue weighted by Crippen LogP contribution is 2.35. The summed E-state index contributed by atoms with van der Waals surface area (Å²) in [7, 11) is 0. The summed E-state index contributed by atoms with van der Waals surface area (Å²) in [4.78, 5) is 2.30. The predicted molar refractivity (Wildman–Crippen MR) is 143 cm³/mol. The molecule has 0 aliphatic carbocycles. The van der Waals surface area contributed by atoms with Crippen molar-refractivity contribution in [3.05, 3.63) is 96.6 Å². The molecule has 0 aliphatic rings. The Labute approximate surface area is 201 Å². The van der Waals surface area contributed by atoms with Gasteiger partial charge in [0.2, 0.25) is 0 Å². The minimum absolute atomic E-state index is 0.802. The lowest BCUT2D eigenvalue weighted by Crippen LogP contribution is -2.21. The molecule has 4 aromatic rings. The van der Waals surface area contributed by atoms with Gasteiger partial charge in [-0.3, -0.25) is 0 Å². The lowest BCUT2D eigenvalue weighted by atomic mass is 10.1. The quantitative estimate of drug-likeness (QED) is 0.248. The van der Waals surface area contributed by atoms with Gasteiger partial charge in [0.25, 0.3) is 0 Å². The number of allylic oxidation sites excluding steroid dienone is 1. The Balaban J connectivity index is 1.58. The zero-order valence-electron chi connectivity index (χ0n) is 19.9. The number of azo groups is 2. The first-order valence-corrected chi connectivity index (χ1v) is 11.6. The Kier molecular flexibility index (Phi) is 7.56. The fraction of sp³-hybridized carbons (Fsp3) is 0.172. The molecule has 0 spiro atoms. The summed E-state index contributed by atoms with van der Waals surface area (Å²) in [6.07, 6.45) is 4.07. The molecule has 0 bridgehead atoms. The molecule has 0 heterocycles. The Morgan fingerprint density at radius 1 is 0.618 bits per heavy atom. The summed E-state index contributed by atoms with van der Waals surface area (Å²) >= 11 is 0. The molecule has 0 saturated heterocycles. The van der Waals surface area contributed by atoms with E-state index < -0.39 is 0 Å². The van der Waals surface area contributed by atoms with E-state index in [1.807, 2.05) is 85.8 Å². The van der Waals surface area contributed by atoms with Gasteiger partial charge in [0.05, 0.1) is 22.7 Å². The molecule has 0 aliphatic heterocycles. The molecular weight excluding hydrogens is 418 g/mol. The van der Waals surface area contributed by atoms with Crippen molar-refractivity contribution < 1.29 is 0 Å². The van der Waals surface area contributed by atoms with E-state index in [0.29, 0.717) is 0 Å². The van der Waals surface area contributed by atoms with Gasteiger partial charge in [-0.15, -0.1) is 10.2 Å². The maximum Gasteiger partial charge on any atom is 0.0936 e. The Hall–Kier alpha value is -4.12. The van der Waals surface area contributed by atoms with E-state index in [2.05, 4.69) is 57.4 Å². The van der Waals surface area contributed by atoms with E-state index in [9.17, 15) is 0 Å². The molecule has 0 atom stereocenters. The zero-order chi connectivity index (χ0) is 23.8. The van der Waals surface area contributed by atoms with Crippen LogP contribution in [0.3, 0.4) is 0 Å². The van der Waals surface area contributed by atoms with Crippen LogP contribution in [0.2, 0.25) is 0 Å². The van der Waals surface area contributed by atoms with Gasteiger partial charge in [0.15, 0.2) is 0 Å². The van der Waals surface area contributed by atoms with Gasteiger partial charge in [-0.1, -0.05) is 48.6 Å². The largest absolute Gasteiger partial charge is 0.372 e. The SMILES string of the molecule is CC=Cc1ccc(N=Nc2ccc(N=Nc3ccc(N(CC)CC)cc3)c3ccccc23)cc1. The van der Waals surface area contributed by atoms with Crippen molar-refractivity contribution in [3.63, 3.8) is 0 Å². The van der Waals surface area contributed by atoms with E-state index >= 15 is 0 Å². The van der Waals surface area contributed by atoms with E-state index in [0.717, 1.165) is 52.2 Å².